The van der Waals surface area contributed by atoms with Crippen LogP contribution in [0.15, 0.2) is 60.7 Å². The van der Waals surface area contributed by atoms with Gasteiger partial charge in [-0.1, -0.05) is 48.5 Å². The Labute approximate surface area is 125 Å². The fraction of sp³-hybridized carbons (Fsp3) is 0.188. The number of halogens is 3. The quantitative estimate of drug-likeness (QED) is 0.911. The first kappa shape index (κ1) is 16.0. The molecule has 2 N–H and O–H groups in total. The topological polar surface area (TPSA) is 49.3 Å². The molecule has 6 heteroatoms. The molecular formula is C16H14F3NO2. The number of carbonyl (C=O) groups excluding carboxylic acids is 1. The van der Waals surface area contributed by atoms with Crippen molar-refractivity contribution in [2.75, 3.05) is 5.32 Å². The van der Waals surface area contributed by atoms with E-state index in [1.807, 2.05) is 0 Å². The minimum Gasteiger partial charge on any atom is -0.372 e. The first-order valence-corrected chi connectivity index (χ1v) is 6.52. The number of carbonyl (C=O) groups is 1. The van der Waals surface area contributed by atoms with Crippen LogP contribution in [0.5, 0.6) is 0 Å². The highest BCUT2D eigenvalue weighted by atomic mass is 19.4. The molecule has 0 aliphatic rings. The number of hydrogen-bond acceptors (Lipinski definition) is 2. The number of anilines is 1. The van der Waals surface area contributed by atoms with Crippen LogP contribution in [0.2, 0.25) is 0 Å². The highest BCUT2D eigenvalue weighted by Gasteiger charge is 2.59. The lowest BCUT2D eigenvalue weighted by Gasteiger charge is -2.29. The van der Waals surface area contributed by atoms with E-state index in [0.29, 0.717) is 0 Å². The van der Waals surface area contributed by atoms with Crippen LogP contribution in [0.25, 0.3) is 0 Å². The molecule has 2 aromatic rings. The molecule has 0 saturated heterocycles. The van der Waals surface area contributed by atoms with E-state index >= 15 is 0 Å². The lowest BCUT2D eigenvalue weighted by Crippen LogP contribution is -2.56. The normalized spacial score (nSPS) is 14.2. The number of rotatable bonds is 4. The number of para-hydroxylation sites is 1. The number of nitrogens with one attached hydrogen (secondary N) is 1. The summed E-state index contributed by atoms with van der Waals surface area (Å²) in [6.45, 7) is 0. The molecule has 116 valence electrons. The van der Waals surface area contributed by atoms with E-state index in [1.165, 1.54) is 24.3 Å². The second-order valence-corrected chi connectivity index (χ2v) is 4.84. The van der Waals surface area contributed by atoms with E-state index in [0.717, 1.165) is 0 Å². The van der Waals surface area contributed by atoms with Crippen molar-refractivity contribution in [3.05, 3.63) is 66.2 Å². The third-order valence-electron chi connectivity index (χ3n) is 3.18. The predicted octanol–water partition coefficient (Wildman–Crippen LogP) is 3.16. The molecule has 1 unspecified atom stereocenters. The van der Waals surface area contributed by atoms with Crippen LogP contribution in [0.3, 0.4) is 0 Å². The van der Waals surface area contributed by atoms with Crippen molar-refractivity contribution in [3.8, 4) is 0 Å². The lowest BCUT2D eigenvalue weighted by molar-refractivity contribution is -0.248. The van der Waals surface area contributed by atoms with Gasteiger partial charge in [0.1, 0.15) is 0 Å². The number of aliphatic hydroxyl groups is 1. The number of hydrogen-bond donors (Lipinski definition) is 2. The molecule has 3 nitrogen and oxygen atoms in total. The van der Waals surface area contributed by atoms with Gasteiger partial charge in [0.05, 0.1) is 0 Å². The van der Waals surface area contributed by atoms with Crippen molar-refractivity contribution in [1.29, 1.82) is 0 Å². The molecule has 0 aliphatic heterocycles. The van der Waals surface area contributed by atoms with Gasteiger partial charge in [-0.3, -0.25) is 4.79 Å². The molecule has 0 aromatic heterocycles. The summed E-state index contributed by atoms with van der Waals surface area (Å²) >= 11 is 0. The van der Waals surface area contributed by atoms with Crippen LogP contribution >= 0.6 is 0 Å². The summed E-state index contributed by atoms with van der Waals surface area (Å²) in [4.78, 5) is 12.0. The van der Waals surface area contributed by atoms with Gasteiger partial charge in [-0.25, -0.2) is 0 Å². The third kappa shape index (κ3) is 3.46. The zero-order chi connectivity index (χ0) is 16.2. The van der Waals surface area contributed by atoms with Crippen molar-refractivity contribution in [2.24, 2.45) is 0 Å². The molecule has 0 spiro atoms. The fourth-order valence-corrected chi connectivity index (χ4v) is 1.96. The first-order chi connectivity index (χ1) is 10.3. The molecule has 1 amide bonds. The smallest absolute Gasteiger partial charge is 0.372 e. The molecule has 0 heterocycles. The van der Waals surface area contributed by atoms with Gasteiger partial charge in [-0.2, -0.15) is 13.2 Å². The maximum absolute atomic E-state index is 13.2. The van der Waals surface area contributed by atoms with E-state index < -0.39 is 24.1 Å². The van der Waals surface area contributed by atoms with Crippen LogP contribution < -0.4 is 5.32 Å². The Bertz CT molecular complexity index is 629. The SMILES string of the molecule is O=C(Nc1ccccc1)C(O)(Cc1ccccc1)C(F)(F)F. The molecule has 2 rings (SSSR count). The molecule has 2 aromatic carbocycles. The van der Waals surface area contributed by atoms with Gasteiger partial charge in [0.2, 0.25) is 5.60 Å². The van der Waals surface area contributed by atoms with Crippen LogP contribution in [0, 0.1) is 0 Å². The minimum absolute atomic E-state index is 0.184. The Morgan fingerprint density at radius 3 is 1.95 bits per heavy atom. The summed E-state index contributed by atoms with van der Waals surface area (Å²) in [6, 6.07) is 15.3. The van der Waals surface area contributed by atoms with E-state index in [2.05, 4.69) is 5.32 Å². The van der Waals surface area contributed by atoms with E-state index in [-0.39, 0.29) is 11.3 Å². The minimum atomic E-state index is -5.10. The Hall–Kier alpha value is -2.34. The maximum Gasteiger partial charge on any atom is 0.426 e. The van der Waals surface area contributed by atoms with Crippen LogP contribution in [-0.2, 0) is 11.2 Å². The van der Waals surface area contributed by atoms with Crippen molar-refractivity contribution >= 4 is 11.6 Å². The molecule has 0 saturated carbocycles. The van der Waals surface area contributed by atoms with E-state index in [9.17, 15) is 23.1 Å². The fourth-order valence-electron chi connectivity index (χ4n) is 1.96. The zero-order valence-corrected chi connectivity index (χ0v) is 11.5. The highest BCUT2D eigenvalue weighted by molar-refractivity contribution is 5.98. The number of alkyl halides is 3. The largest absolute Gasteiger partial charge is 0.426 e. The summed E-state index contributed by atoms with van der Waals surface area (Å²) in [5, 5.41) is 12.1. The van der Waals surface area contributed by atoms with Gasteiger partial charge < -0.3 is 10.4 Å². The molecular weight excluding hydrogens is 295 g/mol. The van der Waals surface area contributed by atoms with E-state index in [4.69, 9.17) is 0 Å². The first-order valence-electron chi connectivity index (χ1n) is 6.52. The van der Waals surface area contributed by atoms with Crippen molar-refractivity contribution in [2.45, 2.75) is 18.2 Å². The predicted molar refractivity (Wildman–Crippen MR) is 76.2 cm³/mol. The van der Waals surface area contributed by atoms with Gasteiger partial charge in [0.15, 0.2) is 0 Å². The monoisotopic (exact) mass is 309 g/mol. The lowest BCUT2D eigenvalue weighted by atomic mass is 9.92. The molecule has 0 bridgehead atoms. The van der Waals surface area contributed by atoms with Crippen molar-refractivity contribution < 1.29 is 23.1 Å². The van der Waals surface area contributed by atoms with Gasteiger partial charge in [-0.15, -0.1) is 0 Å². The van der Waals surface area contributed by atoms with Crippen LogP contribution in [0.4, 0.5) is 18.9 Å². The standard InChI is InChI=1S/C16H14F3NO2/c17-16(18,19)15(22,11-12-7-3-1-4-8-12)14(21)20-13-9-5-2-6-10-13/h1-10,22H,11H2,(H,20,21). The third-order valence-corrected chi connectivity index (χ3v) is 3.18. The van der Waals surface area contributed by atoms with Gasteiger partial charge in [-0.05, 0) is 17.7 Å². The molecule has 0 aliphatic carbocycles. The second-order valence-electron chi connectivity index (χ2n) is 4.84. The number of amides is 1. The van der Waals surface area contributed by atoms with Crippen molar-refractivity contribution in [3.63, 3.8) is 0 Å². The van der Waals surface area contributed by atoms with Gasteiger partial charge in [0, 0.05) is 12.1 Å². The molecule has 0 fully saturated rings. The van der Waals surface area contributed by atoms with E-state index in [1.54, 1.807) is 36.4 Å². The Morgan fingerprint density at radius 2 is 1.45 bits per heavy atom. The average molecular weight is 309 g/mol. The molecule has 1 atom stereocenters. The zero-order valence-electron chi connectivity index (χ0n) is 11.5. The summed E-state index contributed by atoms with van der Waals surface area (Å²) in [6.07, 6.45) is -5.95. The average Bonchev–Trinajstić information content (AvgIpc) is 2.48. The Morgan fingerprint density at radius 1 is 0.955 bits per heavy atom. The summed E-state index contributed by atoms with van der Waals surface area (Å²) in [7, 11) is 0. The van der Waals surface area contributed by atoms with Crippen LogP contribution in [0.1, 0.15) is 5.56 Å². The Kier molecular flexibility index (Phi) is 4.51. The maximum atomic E-state index is 13.2. The summed E-state index contributed by atoms with van der Waals surface area (Å²) in [5.41, 5.74) is -3.10. The molecule has 0 radical (unpaired) electrons. The summed E-state index contributed by atoms with van der Waals surface area (Å²) < 4.78 is 39.7. The van der Waals surface area contributed by atoms with Gasteiger partial charge >= 0.3 is 6.18 Å². The van der Waals surface area contributed by atoms with Crippen molar-refractivity contribution in [1.82, 2.24) is 0 Å². The molecule has 22 heavy (non-hydrogen) atoms. The highest BCUT2D eigenvalue weighted by Crippen LogP contribution is 2.34. The van der Waals surface area contributed by atoms with Gasteiger partial charge in [0.25, 0.3) is 5.91 Å². The summed E-state index contributed by atoms with van der Waals surface area (Å²) in [5.74, 6) is -1.50. The second kappa shape index (κ2) is 6.19. The van der Waals surface area contributed by atoms with Crippen LogP contribution in [-0.4, -0.2) is 22.8 Å². The number of benzene rings is 2. The Balaban J connectivity index is 2.27.